The molecule has 0 aromatic carbocycles. The fourth-order valence-electron chi connectivity index (χ4n) is 2.91. The highest BCUT2D eigenvalue weighted by molar-refractivity contribution is 6.18. The summed E-state index contributed by atoms with van der Waals surface area (Å²) in [4.78, 5) is 11.3. The number of hydrogen-bond acceptors (Lipinski definition) is 3. The first-order valence-electron chi connectivity index (χ1n) is 6.52. The van der Waals surface area contributed by atoms with Gasteiger partial charge in [-0.3, -0.25) is 0 Å². The van der Waals surface area contributed by atoms with E-state index in [4.69, 9.17) is 11.6 Å². The van der Waals surface area contributed by atoms with E-state index in [0.717, 1.165) is 31.8 Å². The summed E-state index contributed by atoms with van der Waals surface area (Å²) in [5.74, 6) is 2.69. The number of halogens is 1. The van der Waals surface area contributed by atoms with Crippen LogP contribution in [0, 0.1) is 5.92 Å². The Labute approximate surface area is 107 Å². The van der Waals surface area contributed by atoms with E-state index in [1.807, 2.05) is 0 Å². The molecule has 0 amide bonds. The van der Waals surface area contributed by atoms with Gasteiger partial charge in [0, 0.05) is 30.2 Å². The minimum Gasteiger partial charge on any atom is -0.356 e. The third-order valence-electron chi connectivity index (χ3n) is 3.98. The van der Waals surface area contributed by atoms with Gasteiger partial charge < -0.3 is 4.90 Å². The molecule has 1 aliphatic heterocycles. The fourth-order valence-corrected chi connectivity index (χ4v) is 3.22. The van der Waals surface area contributed by atoms with Crippen molar-refractivity contribution in [3.63, 3.8) is 0 Å². The number of piperidine rings is 1. The Bertz CT molecular complexity index is 400. The molecule has 1 aromatic rings. The Morgan fingerprint density at radius 1 is 1.24 bits per heavy atom. The van der Waals surface area contributed by atoms with Crippen LogP contribution in [0.3, 0.4) is 0 Å². The lowest BCUT2D eigenvalue weighted by molar-refractivity contribution is 0.440. The van der Waals surface area contributed by atoms with E-state index in [1.165, 1.54) is 36.3 Å². The van der Waals surface area contributed by atoms with Crippen molar-refractivity contribution in [2.24, 2.45) is 5.92 Å². The zero-order valence-corrected chi connectivity index (χ0v) is 10.8. The van der Waals surface area contributed by atoms with Crippen molar-refractivity contribution in [1.29, 1.82) is 0 Å². The summed E-state index contributed by atoms with van der Waals surface area (Å²) < 4.78 is 0. The highest BCUT2D eigenvalue weighted by Crippen LogP contribution is 2.30. The Hall–Kier alpha value is -0.830. The van der Waals surface area contributed by atoms with E-state index in [9.17, 15) is 0 Å². The Balaban J connectivity index is 1.79. The molecule has 0 atom stereocenters. The second kappa shape index (κ2) is 4.81. The summed E-state index contributed by atoms with van der Waals surface area (Å²) in [6.45, 7) is 2.20. The van der Waals surface area contributed by atoms with Crippen molar-refractivity contribution in [2.45, 2.75) is 32.1 Å². The van der Waals surface area contributed by atoms with Gasteiger partial charge in [-0.25, -0.2) is 9.97 Å². The number of nitrogens with zero attached hydrogens (tertiary/aromatic N) is 3. The molecule has 1 aromatic heterocycles. The lowest BCUT2D eigenvalue weighted by Gasteiger charge is -2.32. The van der Waals surface area contributed by atoms with Gasteiger partial charge in [-0.2, -0.15) is 0 Å². The van der Waals surface area contributed by atoms with Crippen molar-refractivity contribution in [3.8, 4) is 0 Å². The standard InChI is InChI=1S/C13H18ClN3/c14-8-10-4-6-17(7-5-10)13-11-2-1-3-12(11)15-9-16-13/h9-10H,1-8H2. The average Bonchev–Trinajstić information content (AvgIpc) is 2.87. The molecule has 2 heterocycles. The smallest absolute Gasteiger partial charge is 0.135 e. The molecule has 17 heavy (non-hydrogen) atoms. The van der Waals surface area contributed by atoms with E-state index in [2.05, 4.69) is 14.9 Å². The summed E-state index contributed by atoms with van der Waals surface area (Å²) in [7, 11) is 0. The Morgan fingerprint density at radius 2 is 2.06 bits per heavy atom. The summed E-state index contributed by atoms with van der Waals surface area (Å²) >= 11 is 5.92. The van der Waals surface area contributed by atoms with Gasteiger partial charge in [-0.05, 0) is 38.0 Å². The first-order valence-corrected chi connectivity index (χ1v) is 7.05. The lowest BCUT2D eigenvalue weighted by atomic mass is 9.98. The molecule has 3 rings (SSSR count). The van der Waals surface area contributed by atoms with Gasteiger partial charge in [0.15, 0.2) is 0 Å². The molecule has 0 radical (unpaired) electrons. The summed E-state index contributed by atoms with van der Waals surface area (Å²) in [6.07, 6.45) is 7.64. The average molecular weight is 252 g/mol. The van der Waals surface area contributed by atoms with Crippen molar-refractivity contribution in [1.82, 2.24) is 9.97 Å². The molecular formula is C13H18ClN3. The molecule has 4 heteroatoms. The van der Waals surface area contributed by atoms with Crippen molar-refractivity contribution < 1.29 is 0 Å². The SMILES string of the molecule is ClCC1CCN(c2ncnc3c2CCC3)CC1. The van der Waals surface area contributed by atoms with Crippen molar-refractivity contribution in [2.75, 3.05) is 23.9 Å². The minimum absolute atomic E-state index is 0.697. The zero-order chi connectivity index (χ0) is 11.7. The molecule has 0 spiro atoms. The second-order valence-electron chi connectivity index (χ2n) is 5.06. The largest absolute Gasteiger partial charge is 0.356 e. The molecule has 2 aliphatic rings. The summed E-state index contributed by atoms with van der Waals surface area (Å²) in [5.41, 5.74) is 2.67. The lowest BCUT2D eigenvalue weighted by Crippen LogP contribution is -2.35. The van der Waals surface area contributed by atoms with E-state index in [0.29, 0.717) is 5.92 Å². The van der Waals surface area contributed by atoms with Crippen LogP contribution in [0.2, 0.25) is 0 Å². The third kappa shape index (κ3) is 2.13. The van der Waals surface area contributed by atoms with Crippen LogP contribution in [0.1, 0.15) is 30.5 Å². The normalized spacial score (nSPS) is 20.6. The Kier molecular flexibility index (Phi) is 3.19. The Morgan fingerprint density at radius 3 is 2.82 bits per heavy atom. The maximum absolute atomic E-state index is 5.92. The topological polar surface area (TPSA) is 29.0 Å². The number of anilines is 1. The van der Waals surface area contributed by atoms with Crippen LogP contribution in [-0.2, 0) is 12.8 Å². The van der Waals surface area contributed by atoms with Crippen LogP contribution in [0.15, 0.2) is 6.33 Å². The molecule has 1 saturated heterocycles. The summed E-state index contributed by atoms with van der Waals surface area (Å²) in [5, 5.41) is 0. The minimum atomic E-state index is 0.697. The highest BCUT2D eigenvalue weighted by atomic mass is 35.5. The predicted molar refractivity (Wildman–Crippen MR) is 69.7 cm³/mol. The first-order chi connectivity index (χ1) is 8.38. The van der Waals surface area contributed by atoms with Crippen molar-refractivity contribution in [3.05, 3.63) is 17.6 Å². The van der Waals surface area contributed by atoms with E-state index in [1.54, 1.807) is 6.33 Å². The van der Waals surface area contributed by atoms with Crippen LogP contribution in [0.25, 0.3) is 0 Å². The molecule has 0 bridgehead atoms. The monoisotopic (exact) mass is 251 g/mol. The van der Waals surface area contributed by atoms with Gasteiger partial charge in [0.2, 0.25) is 0 Å². The fraction of sp³-hybridized carbons (Fsp3) is 0.692. The highest BCUT2D eigenvalue weighted by Gasteiger charge is 2.24. The first kappa shape index (κ1) is 11.3. The van der Waals surface area contributed by atoms with Gasteiger partial charge >= 0.3 is 0 Å². The molecule has 92 valence electrons. The van der Waals surface area contributed by atoms with Gasteiger partial charge in [0.25, 0.3) is 0 Å². The number of rotatable bonds is 2. The molecule has 0 unspecified atom stereocenters. The second-order valence-corrected chi connectivity index (χ2v) is 5.37. The molecule has 3 nitrogen and oxygen atoms in total. The molecular weight excluding hydrogens is 234 g/mol. The number of fused-ring (bicyclic) bond motifs is 1. The van der Waals surface area contributed by atoms with E-state index < -0.39 is 0 Å². The number of hydrogen-bond donors (Lipinski definition) is 0. The van der Waals surface area contributed by atoms with E-state index >= 15 is 0 Å². The maximum atomic E-state index is 5.92. The van der Waals surface area contributed by atoms with Crippen LogP contribution >= 0.6 is 11.6 Å². The van der Waals surface area contributed by atoms with Crippen LogP contribution in [0.5, 0.6) is 0 Å². The number of alkyl halides is 1. The zero-order valence-electron chi connectivity index (χ0n) is 10.0. The molecule has 1 fully saturated rings. The van der Waals surface area contributed by atoms with Gasteiger partial charge in [0.05, 0.1) is 0 Å². The molecule has 1 aliphatic carbocycles. The van der Waals surface area contributed by atoms with Crippen LogP contribution in [-0.4, -0.2) is 28.9 Å². The molecule has 0 saturated carbocycles. The summed E-state index contributed by atoms with van der Waals surface area (Å²) in [6, 6.07) is 0. The molecule has 0 N–H and O–H groups in total. The predicted octanol–water partition coefficient (Wildman–Crippen LogP) is 2.42. The third-order valence-corrected chi connectivity index (χ3v) is 4.42. The van der Waals surface area contributed by atoms with Gasteiger partial charge in [0.1, 0.15) is 12.1 Å². The number of aromatic nitrogens is 2. The number of aryl methyl sites for hydroxylation is 1. The van der Waals surface area contributed by atoms with Crippen LogP contribution < -0.4 is 4.90 Å². The van der Waals surface area contributed by atoms with Gasteiger partial charge in [-0.15, -0.1) is 11.6 Å². The van der Waals surface area contributed by atoms with Crippen molar-refractivity contribution >= 4 is 17.4 Å². The van der Waals surface area contributed by atoms with Gasteiger partial charge in [-0.1, -0.05) is 0 Å². The van der Waals surface area contributed by atoms with Crippen LogP contribution in [0.4, 0.5) is 5.82 Å². The van der Waals surface area contributed by atoms with E-state index in [-0.39, 0.29) is 0 Å². The maximum Gasteiger partial charge on any atom is 0.135 e. The quantitative estimate of drug-likeness (QED) is 0.756.